The van der Waals surface area contributed by atoms with Gasteiger partial charge in [-0.3, -0.25) is 4.79 Å². The van der Waals surface area contributed by atoms with E-state index in [4.69, 9.17) is 5.73 Å². The summed E-state index contributed by atoms with van der Waals surface area (Å²) in [6.07, 6.45) is -0.0778. The first-order chi connectivity index (χ1) is 10.8. The minimum absolute atomic E-state index is 0. The molecule has 0 aliphatic carbocycles. The van der Waals surface area contributed by atoms with Crippen molar-refractivity contribution >= 4 is 24.3 Å². The van der Waals surface area contributed by atoms with E-state index in [0.29, 0.717) is 6.54 Å². The molecule has 9 heteroatoms. The third kappa shape index (κ3) is 8.64. The summed E-state index contributed by atoms with van der Waals surface area (Å²) < 4.78 is 25.7. The Morgan fingerprint density at radius 3 is 2.42 bits per heavy atom. The van der Waals surface area contributed by atoms with Crippen LogP contribution in [0.4, 0.5) is 13.6 Å². The first-order valence-electron chi connectivity index (χ1n) is 7.21. The van der Waals surface area contributed by atoms with Crippen LogP contribution < -0.4 is 16.4 Å². The molecule has 136 valence electrons. The van der Waals surface area contributed by atoms with E-state index in [1.54, 1.807) is 7.05 Å². The van der Waals surface area contributed by atoms with Crippen LogP contribution in [0.1, 0.15) is 12.0 Å². The molecular weight excluding hydrogens is 342 g/mol. The molecular formula is C15H23ClF2N4O2. The van der Waals surface area contributed by atoms with Crippen molar-refractivity contribution in [2.75, 3.05) is 26.7 Å². The normalized spacial score (nSPS) is 10.5. The summed E-state index contributed by atoms with van der Waals surface area (Å²) in [4.78, 5) is 24.7. The second-order valence-electron chi connectivity index (χ2n) is 5.16. The smallest absolute Gasteiger partial charge is 0.317 e. The van der Waals surface area contributed by atoms with E-state index in [9.17, 15) is 18.4 Å². The molecule has 3 amide bonds. The summed E-state index contributed by atoms with van der Waals surface area (Å²) >= 11 is 0. The molecule has 1 aromatic carbocycles. The highest BCUT2D eigenvalue weighted by Crippen LogP contribution is 2.08. The van der Waals surface area contributed by atoms with Crippen LogP contribution in [0.5, 0.6) is 0 Å². The van der Waals surface area contributed by atoms with E-state index in [0.717, 1.165) is 5.56 Å². The first kappa shape index (κ1) is 22.1. The Hall–Kier alpha value is -1.93. The van der Waals surface area contributed by atoms with Gasteiger partial charge >= 0.3 is 6.03 Å². The predicted molar refractivity (Wildman–Crippen MR) is 90.2 cm³/mol. The minimum Gasteiger partial charge on any atom is -0.350 e. The molecule has 0 bridgehead atoms. The van der Waals surface area contributed by atoms with Crippen LogP contribution in [0, 0.1) is 0 Å². The number of alkyl halides is 2. The van der Waals surface area contributed by atoms with Crippen molar-refractivity contribution in [3.05, 3.63) is 35.9 Å². The summed E-state index contributed by atoms with van der Waals surface area (Å²) in [6.45, 7) is -1.13. The minimum atomic E-state index is -3.12. The van der Waals surface area contributed by atoms with E-state index >= 15 is 0 Å². The molecule has 0 unspecified atom stereocenters. The molecule has 6 nitrogen and oxygen atoms in total. The van der Waals surface area contributed by atoms with Gasteiger partial charge in [0.15, 0.2) is 0 Å². The Morgan fingerprint density at radius 2 is 1.83 bits per heavy atom. The number of nitrogens with zero attached hydrogens (tertiary/aromatic N) is 1. The standard InChI is InChI=1S/C15H22F2N4O2.ClH/c1-21(9-12-5-3-2-4-6-12)14(23)19-8-7-13(22)20-11-15(16,17)10-18;/h2-6H,7-11,18H2,1H3,(H,19,23)(H,20,22);1H. The zero-order chi connectivity index (χ0) is 17.3. The molecule has 0 saturated carbocycles. The van der Waals surface area contributed by atoms with Gasteiger partial charge < -0.3 is 21.3 Å². The SMILES string of the molecule is CN(Cc1ccccc1)C(=O)NCCC(=O)NCC(F)(F)CN.Cl. The molecule has 4 N–H and O–H groups in total. The van der Waals surface area contributed by atoms with Crippen LogP contribution in [-0.4, -0.2) is 49.4 Å². The van der Waals surface area contributed by atoms with Crippen molar-refractivity contribution < 1.29 is 18.4 Å². The highest BCUT2D eigenvalue weighted by Gasteiger charge is 2.26. The molecule has 0 aromatic heterocycles. The largest absolute Gasteiger partial charge is 0.350 e. The second-order valence-corrected chi connectivity index (χ2v) is 5.16. The van der Waals surface area contributed by atoms with Crippen LogP contribution in [0.25, 0.3) is 0 Å². The maximum atomic E-state index is 12.9. The van der Waals surface area contributed by atoms with Gasteiger partial charge in [-0.1, -0.05) is 30.3 Å². The fourth-order valence-corrected chi connectivity index (χ4v) is 1.74. The summed E-state index contributed by atoms with van der Waals surface area (Å²) in [7, 11) is 1.63. The third-order valence-electron chi connectivity index (χ3n) is 3.08. The predicted octanol–water partition coefficient (Wildman–Crippen LogP) is 1.35. The fraction of sp³-hybridized carbons (Fsp3) is 0.467. The maximum absolute atomic E-state index is 12.9. The van der Waals surface area contributed by atoms with Crippen LogP contribution in [0.3, 0.4) is 0 Å². The summed E-state index contributed by atoms with van der Waals surface area (Å²) in [5, 5.41) is 4.64. The lowest BCUT2D eigenvalue weighted by Crippen LogP contribution is -2.43. The van der Waals surface area contributed by atoms with E-state index in [1.807, 2.05) is 30.3 Å². The van der Waals surface area contributed by atoms with Gasteiger partial charge in [0.2, 0.25) is 5.91 Å². The average molecular weight is 365 g/mol. The molecule has 0 atom stereocenters. The molecule has 1 aromatic rings. The van der Waals surface area contributed by atoms with Gasteiger partial charge in [-0.05, 0) is 5.56 Å². The topological polar surface area (TPSA) is 87.5 Å². The Bertz CT molecular complexity index is 517. The number of hydrogen-bond acceptors (Lipinski definition) is 3. The number of carbonyl (C=O) groups is 2. The summed E-state index contributed by atoms with van der Waals surface area (Å²) in [5.41, 5.74) is 5.84. The number of urea groups is 1. The van der Waals surface area contributed by atoms with Crippen molar-refractivity contribution in [1.29, 1.82) is 0 Å². The molecule has 0 heterocycles. The van der Waals surface area contributed by atoms with E-state index in [2.05, 4.69) is 10.6 Å². The Balaban J connectivity index is 0.00000529. The van der Waals surface area contributed by atoms with Crippen molar-refractivity contribution in [2.45, 2.75) is 18.9 Å². The second kappa shape index (κ2) is 10.8. The molecule has 0 aliphatic rings. The number of carbonyl (C=O) groups excluding carboxylic acids is 2. The number of benzene rings is 1. The molecule has 0 aliphatic heterocycles. The van der Waals surface area contributed by atoms with Crippen LogP contribution >= 0.6 is 12.4 Å². The Kier molecular flexibility index (Phi) is 9.91. The zero-order valence-corrected chi connectivity index (χ0v) is 14.2. The molecule has 24 heavy (non-hydrogen) atoms. The monoisotopic (exact) mass is 364 g/mol. The van der Waals surface area contributed by atoms with Gasteiger partial charge in [0.25, 0.3) is 5.92 Å². The highest BCUT2D eigenvalue weighted by molar-refractivity contribution is 5.85. The molecule has 0 fully saturated rings. The van der Waals surface area contributed by atoms with Gasteiger partial charge in [0.1, 0.15) is 0 Å². The van der Waals surface area contributed by atoms with Gasteiger partial charge in [0, 0.05) is 26.6 Å². The lowest BCUT2D eigenvalue weighted by Gasteiger charge is -2.18. The number of hydrogen-bond donors (Lipinski definition) is 3. The van der Waals surface area contributed by atoms with Crippen molar-refractivity contribution in [2.24, 2.45) is 5.73 Å². The highest BCUT2D eigenvalue weighted by atomic mass is 35.5. The fourth-order valence-electron chi connectivity index (χ4n) is 1.74. The van der Waals surface area contributed by atoms with Crippen LogP contribution in [-0.2, 0) is 11.3 Å². The molecule has 1 rings (SSSR count). The van der Waals surface area contributed by atoms with Gasteiger partial charge in [0.05, 0.1) is 13.1 Å². The average Bonchev–Trinajstić information content (AvgIpc) is 2.54. The summed E-state index contributed by atoms with van der Waals surface area (Å²) in [6, 6.07) is 9.10. The lowest BCUT2D eigenvalue weighted by molar-refractivity contribution is -0.122. The van der Waals surface area contributed by atoms with Gasteiger partial charge in [-0.15, -0.1) is 12.4 Å². The Morgan fingerprint density at radius 1 is 1.21 bits per heavy atom. The van der Waals surface area contributed by atoms with Gasteiger partial charge in [-0.25, -0.2) is 13.6 Å². The summed E-state index contributed by atoms with van der Waals surface area (Å²) in [5.74, 6) is -3.68. The first-order valence-corrected chi connectivity index (χ1v) is 7.21. The number of halogens is 3. The van der Waals surface area contributed by atoms with E-state index < -0.39 is 24.9 Å². The number of rotatable bonds is 8. The maximum Gasteiger partial charge on any atom is 0.317 e. The third-order valence-corrected chi connectivity index (χ3v) is 3.08. The number of amides is 3. The number of nitrogens with two attached hydrogens (primary N) is 1. The van der Waals surface area contributed by atoms with Crippen molar-refractivity contribution in [1.82, 2.24) is 15.5 Å². The zero-order valence-electron chi connectivity index (χ0n) is 13.4. The van der Waals surface area contributed by atoms with E-state index in [1.165, 1.54) is 4.90 Å². The molecule has 0 spiro atoms. The number of nitrogens with one attached hydrogen (secondary N) is 2. The van der Waals surface area contributed by atoms with Crippen molar-refractivity contribution in [3.8, 4) is 0 Å². The quantitative estimate of drug-likeness (QED) is 0.650. The van der Waals surface area contributed by atoms with Crippen LogP contribution in [0.2, 0.25) is 0 Å². The molecule has 0 radical (unpaired) electrons. The van der Waals surface area contributed by atoms with Gasteiger partial charge in [-0.2, -0.15) is 0 Å². The van der Waals surface area contributed by atoms with Crippen LogP contribution in [0.15, 0.2) is 30.3 Å². The molecule has 0 saturated heterocycles. The lowest BCUT2D eigenvalue weighted by atomic mass is 10.2. The van der Waals surface area contributed by atoms with E-state index in [-0.39, 0.29) is 31.4 Å². The Labute approximate surface area is 146 Å². The van der Waals surface area contributed by atoms with Crippen molar-refractivity contribution in [3.63, 3.8) is 0 Å².